The van der Waals surface area contributed by atoms with Gasteiger partial charge in [0.1, 0.15) is 5.92 Å². The van der Waals surface area contributed by atoms with E-state index in [9.17, 15) is 9.90 Å². The molecule has 5 heteroatoms. The van der Waals surface area contributed by atoms with E-state index in [0.29, 0.717) is 19.4 Å². The standard InChI is InChI=1S/C18H27NO3S/c1-19(2)11-6-12-22-17(20)16(15-7-4-3-5-8-15)18(21)9-13-23-14-10-18/h3-5,7-8,16,21H,6,9-14H2,1-2H3. The molecular formula is C18H27NO3S. The Hall–Kier alpha value is -1.04. The summed E-state index contributed by atoms with van der Waals surface area (Å²) in [6.45, 7) is 1.27. The molecule has 1 heterocycles. The summed E-state index contributed by atoms with van der Waals surface area (Å²) >= 11 is 1.83. The number of hydrogen-bond donors (Lipinski definition) is 1. The second kappa shape index (κ2) is 8.71. The van der Waals surface area contributed by atoms with Crippen molar-refractivity contribution in [2.24, 2.45) is 0 Å². The smallest absolute Gasteiger partial charge is 0.316 e. The number of carbonyl (C=O) groups excluding carboxylic acids is 1. The molecule has 1 aromatic rings. The van der Waals surface area contributed by atoms with Crippen molar-refractivity contribution in [1.82, 2.24) is 4.90 Å². The van der Waals surface area contributed by atoms with Gasteiger partial charge in [-0.3, -0.25) is 4.79 Å². The highest BCUT2D eigenvalue weighted by molar-refractivity contribution is 7.99. The molecule has 1 N–H and O–H groups in total. The minimum atomic E-state index is -0.995. The van der Waals surface area contributed by atoms with Gasteiger partial charge < -0.3 is 14.7 Å². The fraction of sp³-hybridized carbons (Fsp3) is 0.611. The molecule has 0 aromatic heterocycles. The predicted molar refractivity (Wildman–Crippen MR) is 94.8 cm³/mol. The minimum absolute atomic E-state index is 0.302. The predicted octanol–water partition coefficient (Wildman–Crippen LogP) is 2.52. The zero-order valence-corrected chi connectivity index (χ0v) is 14.8. The number of nitrogens with zero attached hydrogens (tertiary/aromatic N) is 1. The van der Waals surface area contributed by atoms with Crippen LogP contribution < -0.4 is 0 Å². The SMILES string of the molecule is CN(C)CCCOC(=O)C(c1ccccc1)C1(O)CCSCC1. The van der Waals surface area contributed by atoms with Crippen LogP contribution in [0.1, 0.15) is 30.7 Å². The van der Waals surface area contributed by atoms with Gasteiger partial charge >= 0.3 is 5.97 Å². The fourth-order valence-electron chi connectivity index (χ4n) is 2.96. The van der Waals surface area contributed by atoms with Crippen molar-refractivity contribution >= 4 is 17.7 Å². The molecule has 0 aliphatic carbocycles. The van der Waals surface area contributed by atoms with Crippen molar-refractivity contribution < 1.29 is 14.6 Å². The summed E-state index contributed by atoms with van der Waals surface area (Å²) in [5.74, 6) is 0.870. The Kier molecular flexibility index (Phi) is 6.93. The third kappa shape index (κ3) is 5.23. The number of esters is 1. The lowest BCUT2D eigenvalue weighted by atomic mass is 9.78. The van der Waals surface area contributed by atoms with Gasteiger partial charge in [-0.05, 0) is 50.4 Å². The van der Waals surface area contributed by atoms with Crippen molar-refractivity contribution in [3.8, 4) is 0 Å². The molecule has 1 aliphatic heterocycles. The molecule has 0 bridgehead atoms. The Bertz CT molecular complexity index is 486. The van der Waals surface area contributed by atoms with Crippen LogP contribution in [0.5, 0.6) is 0 Å². The Morgan fingerprint density at radius 3 is 2.57 bits per heavy atom. The van der Waals surface area contributed by atoms with E-state index in [-0.39, 0.29) is 5.97 Å². The van der Waals surface area contributed by atoms with Gasteiger partial charge in [0.05, 0.1) is 12.2 Å². The quantitative estimate of drug-likeness (QED) is 0.612. The number of benzene rings is 1. The average Bonchev–Trinajstić information content (AvgIpc) is 2.53. The summed E-state index contributed by atoms with van der Waals surface area (Å²) in [5, 5.41) is 11.1. The minimum Gasteiger partial charge on any atom is -0.465 e. The third-order valence-electron chi connectivity index (χ3n) is 4.26. The van der Waals surface area contributed by atoms with E-state index in [1.54, 1.807) is 0 Å². The van der Waals surface area contributed by atoms with Gasteiger partial charge in [-0.2, -0.15) is 11.8 Å². The van der Waals surface area contributed by atoms with Crippen LogP contribution >= 0.6 is 11.8 Å². The molecule has 1 aliphatic rings. The van der Waals surface area contributed by atoms with Crippen LogP contribution in [0, 0.1) is 0 Å². The van der Waals surface area contributed by atoms with Gasteiger partial charge in [0.25, 0.3) is 0 Å². The Morgan fingerprint density at radius 2 is 1.96 bits per heavy atom. The molecule has 1 saturated heterocycles. The van der Waals surface area contributed by atoms with Gasteiger partial charge in [-0.1, -0.05) is 30.3 Å². The third-order valence-corrected chi connectivity index (χ3v) is 5.24. The summed E-state index contributed by atoms with van der Waals surface area (Å²) in [5.41, 5.74) is -0.148. The van der Waals surface area contributed by atoms with Crippen molar-refractivity contribution in [2.75, 3.05) is 38.8 Å². The lowest BCUT2D eigenvalue weighted by molar-refractivity contribution is -0.153. The van der Waals surface area contributed by atoms with Gasteiger partial charge in [0.2, 0.25) is 0 Å². The normalized spacial score (nSPS) is 18.6. The molecule has 4 nitrogen and oxygen atoms in total. The first-order valence-corrected chi connectivity index (χ1v) is 9.35. The summed E-state index contributed by atoms with van der Waals surface area (Å²) < 4.78 is 5.50. The van der Waals surface area contributed by atoms with Gasteiger partial charge in [-0.15, -0.1) is 0 Å². The zero-order chi connectivity index (χ0) is 16.7. The summed E-state index contributed by atoms with van der Waals surface area (Å²) in [7, 11) is 3.99. The zero-order valence-electron chi connectivity index (χ0n) is 14.0. The van der Waals surface area contributed by atoms with E-state index in [4.69, 9.17) is 4.74 Å². The van der Waals surface area contributed by atoms with Crippen LogP contribution in [-0.4, -0.2) is 60.3 Å². The molecule has 1 unspecified atom stereocenters. The van der Waals surface area contributed by atoms with E-state index in [0.717, 1.165) is 30.0 Å². The molecule has 0 radical (unpaired) electrons. The molecule has 0 spiro atoms. The first kappa shape index (κ1) is 18.3. The lowest BCUT2D eigenvalue weighted by Crippen LogP contribution is -2.44. The second-order valence-electron chi connectivity index (χ2n) is 6.38. The molecule has 2 rings (SSSR count). The topological polar surface area (TPSA) is 49.8 Å². The first-order valence-electron chi connectivity index (χ1n) is 8.19. The van der Waals surface area contributed by atoms with Crippen LogP contribution in [0.2, 0.25) is 0 Å². The summed E-state index contributed by atoms with van der Waals surface area (Å²) in [4.78, 5) is 14.8. The number of ether oxygens (including phenoxy) is 1. The van der Waals surface area contributed by atoms with Gasteiger partial charge in [-0.25, -0.2) is 0 Å². The van der Waals surface area contributed by atoms with Crippen molar-refractivity contribution in [3.05, 3.63) is 35.9 Å². The highest BCUT2D eigenvalue weighted by Gasteiger charge is 2.44. The van der Waals surface area contributed by atoms with Crippen LogP contribution in [0.4, 0.5) is 0 Å². The van der Waals surface area contributed by atoms with Gasteiger partial charge in [0, 0.05) is 6.54 Å². The highest BCUT2D eigenvalue weighted by atomic mass is 32.2. The Balaban J connectivity index is 2.09. The van der Waals surface area contributed by atoms with E-state index < -0.39 is 11.5 Å². The van der Waals surface area contributed by atoms with Crippen LogP contribution in [0.15, 0.2) is 30.3 Å². The van der Waals surface area contributed by atoms with E-state index in [1.807, 2.05) is 56.2 Å². The first-order chi connectivity index (χ1) is 11.0. The molecule has 128 valence electrons. The van der Waals surface area contributed by atoms with Crippen molar-refractivity contribution in [1.29, 1.82) is 0 Å². The second-order valence-corrected chi connectivity index (χ2v) is 7.61. The fourth-order valence-corrected chi connectivity index (χ4v) is 4.16. The molecular weight excluding hydrogens is 310 g/mol. The van der Waals surface area contributed by atoms with Crippen molar-refractivity contribution in [3.63, 3.8) is 0 Å². The number of carbonyl (C=O) groups is 1. The maximum Gasteiger partial charge on any atom is 0.316 e. The molecule has 0 amide bonds. The number of hydrogen-bond acceptors (Lipinski definition) is 5. The summed E-state index contributed by atoms with van der Waals surface area (Å²) in [6, 6.07) is 9.55. The maximum atomic E-state index is 12.7. The average molecular weight is 337 g/mol. The summed E-state index contributed by atoms with van der Waals surface area (Å²) in [6.07, 6.45) is 2.06. The highest BCUT2D eigenvalue weighted by Crippen LogP contribution is 2.39. The number of rotatable bonds is 7. The molecule has 1 atom stereocenters. The maximum absolute atomic E-state index is 12.7. The molecule has 1 fully saturated rings. The lowest BCUT2D eigenvalue weighted by Gasteiger charge is -2.37. The number of thioether (sulfide) groups is 1. The largest absolute Gasteiger partial charge is 0.465 e. The number of aliphatic hydroxyl groups is 1. The van der Waals surface area contributed by atoms with Crippen molar-refractivity contribution in [2.45, 2.75) is 30.8 Å². The van der Waals surface area contributed by atoms with Crippen LogP contribution in [0.25, 0.3) is 0 Å². The van der Waals surface area contributed by atoms with Crippen LogP contribution in [-0.2, 0) is 9.53 Å². The Morgan fingerprint density at radius 1 is 1.30 bits per heavy atom. The molecule has 0 saturated carbocycles. The Labute approximate surface area is 143 Å². The van der Waals surface area contributed by atoms with E-state index in [1.165, 1.54) is 0 Å². The van der Waals surface area contributed by atoms with Crippen LogP contribution in [0.3, 0.4) is 0 Å². The van der Waals surface area contributed by atoms with Gasteiger partial charge in [0.15, 0.2) is 0 Å². The van der Waals surface area contributed by atoms with E-state index >= 15 is 0 Å². The monoisotopic (exact) mass is 337 g/mol. The molecule has 23 heavy (non-hydrogen) atoms. The molecule has 1 aromatic carbocycles. The van der Waals surface area contributed by atoms with E-state index in [2.05, 4.69) is 4.90 Å².